The summed E-state index contributed by atoms with van der Waals surface area (Å²) in [5.41, 5.74) is 3.14. The second-order valence-electron chi connectivity index (χ2n) is 8.51. The first kappa shape index (κ1) is 21.0. The first-order chi connectivity index (χ1) is 14.2. The number of benzene rings is 2. The van der Waals surface area contributed by atoms with Gasteiger partial charge < -0.3 is 4.90 Å². The van der Waals surface area contributed by atoms with Crippen molar-refractivity contribution >= 4 is 46.3 Å². The topological polar surface area (TPSA) is 40.6 Å². The summed E-state index contributed by atoms with van der Waals surface area (Å²) in [5, 5.41) is 0.757. The minimum atomic E-state index is -0.344. The molecule has 0 radical (unpaired) electrons. The predicted octanol–water partition coefficient (Wildman–Crippen LogP) is 5.56. The quantitative estimate of drug-likeness (QED) is 0.583. The van der Waals surface area contributed by atoms with Gasteiger partial charge in [0.15, 0.2) is 0 Å². The van der Waals surface area contributed by atoms with Crippen LogP contribution in [-0.2, 0) is 9.59 Å². The van der Waals surface area contributed by atoms with Crippen LogP contribution in [-0.4, -0.2) is 29.8 Å². The molecule has 30 heavy (non-hydrogen) atoms. The minimum Gasteiger partial charge on any atom is -0.366 e. The van der Waals surface area contributed by atoms with E-state index in [2.05, 4.69) is 18.7 Å². The Morgan fingerprint density at radius 3 is 2.00 bits per heavy atom. The molecule has 1 fully saturated rings. The van der Waals surface area contributed by atoms with E-state index in [1.54, 1.807) is 18.2 Å². The fraction of sp³-hybridized carbons (Fsp3) is 0.333. The zero-order valence-electron chi connectivity index (χ0n) is 17.3. The number of hydrogen-bond donors (Lipinski definition) is 0. The van der Waals surface area contributed by atoms with Gasteiger partial charge in [0, 0.05) is 23.1 Å². The summed E-state index contributed by atoms with van der Waals surface area (Å²) in [4.78, 5) is 30.5. The molecular weight excluding hydrogens is 419 g/mol. The highest BCUT2D eigenvalue weighted by atomic mass is 35.5. The maximum atomic E-state index is 13.6. The molecule has 0 saturated carbocycles. The van der Waals surface area contributed by atoms with Crippen molar-refractivity contribution in [3.8, 4) is 0 Å². The van der Waals surface area contributed by atoms with Gasteiger partial charge in [0.25, 0.3) is 11.8 Å². The number of likely N-dealkylation sites (tertiary alicyclic amines) is 1. The number of aryl methyl sites for hydroxylation is 1. The lowest BCUT2D eigenvalue weighted by Crippen LogP contribution is -2.42. The van der Waals surface area contributed by atoms with Crippen molar-refractivity contribution in [2.75, 3.05) is 18.0 Å². The Balaban J connectivity index is 1.85. The van der Waals surface area contributed by atoms with E-state index in [0.717, 1.165) is 30.6 Å². The molecule has 0 spiro atoms. The van der Waals surface area contributed by atoms with Crippen LogP contribution in [0.3, 0.4) is 0 Å². The van der Waals surface area contributed by atoms with Crippen molar-refractivity contribution in [3.63, 3.8) is 0 Å². The average molecular weight is 443 g/mol. The minimum absolute atomic E-state index is 0.324. The third kappa shape index (κ3) is 3.86. The lowest BCUT2D eigenvalue weighted by Gasteiger charge is -2.37. The standard InChI is InChI=1S/C24H24Cl2N2O2/c1-14-4-6-17(7-5-14)21-22(27-12-15(2)8-16(3)13-27)24(30)28(23(21)29)20-10-18(25)9-19(26)11-20/h4-7,9-11,15-16H,8,12-13H2,1-3H3. The molecule has 2 heterocycles. The molecule has 4 nitrogen and oxygen atoms in total. The van der Waals surface area contributed by atoms with Crippen molar-refractivity contribution < 1.29 is 9.59 Å². The van der Waals surface area contributed by atoms with Gasteiger partial charge in [0.05, 0.1) is 11.3 Å². The Labute approximate surface area is 187 Å². The van der Waals surface area contributed by atoms with Crippen LogP contribution in [0.25, 0.3) is 5.57 Å². The van der Waals surface area contributed by atoms with E-state index in [9.17, 15) is 9.59 Å². The van der Waals surface area contributed by atoms with E-state index in [1.165, 1.54) is 4.90 Å². The molecule has 6 heteroatoms. The van der Waals surface area contributed by atoms with Crippen molar-refractivity contribution in [1.29, 1.82) is 0 Å². The average Bonchev–Trinajstić information content (AvgIpc) is 2.91. The third-order valence-corrected chi connectivity index (χ3v) is 6.13. The molecule has 0 bridgehead atoms. The van der Waals surface area contributed by atoms with Gasteiger partial charge in [-0.1, -0.05) is 66.9 Å². The SMILES string of the molecule is Cc1ccc(C2=C(N3CC(C)CC(C)C3)C(=O)N(c3cc(Cl)cc(Cl)c3)C2=O)cc1. The Morgan fingerprint density at radius 1 is 0.867 bits per heavy atom. The number of hydrogen-bond acceptors (Lipinski definition) is 3. The summed E-state index contributed by atoms with van der Waals surface area (Å²) in [5.74, 6) is 0.217. The van der Waals surface area contributed by atoms with Crippen LogP contribution < -0.4 is 4.90 Å². The van der Waals surface area contributed by atoms with Crippen LogP contribution in [0.1, 0.15) is 31.4 Å². The van der Waals surface area contributed by atoms with Crippen LogP contribution in [0.5, 0.6) is 0 Å². The highest BCUT2D eigenvalue weighted by molar-refractivity contribution is 6.46. The van der Waals surface area contributed by atoms with Crippen molar-refractivity contribution in [2.45, 2.75) is 27.2 Å². The van der Waals surface area contributed by atoms with E-state index < -0.39 is 0 Å². The molecule has 2 aliphatic rings. The summed E-state index contributed by atoms with van der Waals surface area (Å²) >= 11 is 12.3. The van der Waals surface area contributed by atoms with Crippen LogP contribution in [0.4, 0.5) is 5.69 Å². The molecule has 0 N–H and O–H groups in total. The molecule has 2 aromatic carbocycles. The van der Waals surface area contributed by atoms with E-state index in [1.807, 2.05) is 31.2 Å². The van der Waals surface area contributed by atoms with Gasteiger partial charge in [-0.25, -0.2) is 4.90 Å². The Bertz CT molecular complexity index is 1020. The van der Waals surface area contributed by atoms with Crippen LogP contribution in [0.2, 0.25) is 10.0 Å². The molecule has 2 aromatic rings. The van der Waals surface area contributed by atoms with E-state index in [-0.39, 0.29) is 11.8 Å². The Hall–Kier alpha value is -2.30. The summed E-state index contributed by atoms with van der Waals surface area (Å²) in [7, 11) is 0. The summed E-state index contributed by atoms with van der Waals surface area (Å²) < 4.78 is 0. The molecule has 2 aliphatic heterocycles. The van der Waals surface area contributed by atoms with Crippen LogP contribution in [0, 0.1) is 18.8 Å². The van der Waals surface area contributed by atoms with Gasteiger partial charge in [0.2, 0.25) is 0 Å². The molecule has 4 rings (SSSR count). The number of carbonyl (C=O) groups excluding carboxylic acids is 2. The smallest absolute Gasteiger partial charge is 0.282 e. The fourth-order valence-corrected chi connectivity index (χ4v) is 5.05. The predicted molar refractivity (Wildman–Crippen MR) is 122 cm³/mol. The second kappa shape index (κ2) is 8.09. The van der Waals surface area contributed by atoms with E-state index in [4.69, 9.17) is 23.2 Å². The van der Waals surface area contributed by atoms with Crippen molar-refractivity contribution in [1.82, 2.24) is 4.90 Å². The van der Waals surface area contributed by atoms with Gasteiger partial charge in [-0.2, -0.15) is 0 Å². The maximum absolute atomic E-state index is 13.6. The zero-order valence-corrected chi connectivity index (χ0v) is 18.8. The highest BCUT2D eigenvalue weighted by Crippen LogP contribution is 2.38. The number of halogens is 2. The van der Waals surface area contributed by atoms with Gasteiger partial charge in [-0.15, -0.1) is 0 Å². The Kier molecular flexibility index (Phi) is 5.65. The number of amides is 2. The molecule has 0 aliphatic carbocycles. The number of imide groups is 1. The van der Waals surface area contributed by atoms with E-state index in [0.29, 0.717) is 38.8 Å². The number of piperidine rings is 1. The highest BCUT2D eigenvalue weighted by Gasteiger charge is 2.43. The number of carbonyl (C=O) groups is 2. The van der Waals surface area contributed by atoms with Crippen LogP contribution in [0.15, 0.2) is 48.2 Å². The maximum Gasteiger partial charge on any atom is 0.282 e. The molecule has 2 amide bonds. The molecule has 0 aromatic heterocycles. The summed E-state index contributed by atoms with van der Waals surface area (Å²) in [6.45, 7) is 7.86. The fourth-order valence-electron chi connectivity index (χ4n) is 4.54. The van der Waals surface area contributed by atoms with Crippen molar-refractivity contribution in [2.24, 2.45) is 11.8 Å². The monoisotopic (exact) mass is 442 g/mol. The van der Waals surface area contributed by atoms with Gasteiger partial charge in [-0.05, 0) is 48.9 Å². The van der Waals surface area contributed by atoms with Gasteiger partial charge >= 0.3 is 0 Å². The first-order valence-corrected chi connectivity index (χ1v) is 10.9. The molecule has 2 atom stereocenters. The van der Waals surface area contributed by atoms with Gasteiger partial charge in [-0.3, -0.25) is 9.59 Å². The number of rotatable bonds is 3. The lowest BCUT2D eigenvalue weighted by atomic mass is 9.91. The largest absolute Gasteiger partial charge is 0.366 e. The molecule has 1 saturated heterocycles. The summed E-state index contributed by atoms with van der Waals surface area (Å²) in [6, 6.07) is 12.5. The first-order valence-electron chi connectivity index (χ1n) is 10.2. The summed E-state index contributed by atoms with van der Waals surface area (Å²) in [6.07, 6.45) is 1.11. The lowest BCUT2D eigenvalue weighted by molar-refractivity contribution is -0.120. The van der Waals surface area contributed by atoms with Crippen molar-refractivity contribution in [3.05, 3.63) is 69.3 Å². The normalized spacial score (nSPS) is 22.3. The third-order valence-electron chi connectivity index (χ3n) is 5.69. The Morgan fingerprint density at radius 2 is 1.43 bits per heavy atom. The van der Waals surface area contributed by atoms with Crippen LogP contribution >= 0.6 is 23.2 Å². The molecule has 156 valence electrons. The zero-order chi connectivity index (χ0) is 21.6. The second-order valence-corrected chi connectivity index (χ2v) is 9.39. The number of nitrogens with zero attached hydrogens (tertiary/aromatic N) is 2. The number of anilines is 1. The van der Waals surface area contributed by atoms with E-state index >= 15 is 0 Å². The molecule has 2 unspecified atom stereocenters. The molecular formula is C24H24Cl2N2O2. The van der Waals surface area contributed by atoms with Gasteiger partial charge in [0.1, 0.15) is 5.70 Å².